The Bertz CT molecular complexity index is 969. The summed E-state index contributed by atoms with van der Waals surface area (Å²) < 4.78 is 24.5. The molecule has 0 aliphatic rings. The summed E-state index contributed by atoms with van der Waals surface area (Å²) in [7, 11) is -3.91. The standard InChI is InChI=1S/C8H15N7O2S3.C6H8O7.Bi/c9-7(15-20(11,16)17)1-2-18-3-6-4-19-8(14-6)12-5-13-10;7-3(8)1-6(13,5(11)12)2-4(9)10;/h4-5H,1-3,10H2,(H2,9,15)(H2,11,16,17)(H,12,13,14);13H,1-2H2,(H,7,8)(H,9,10)(H,11,12);/q;;+3/p-3. The Morgan fingerprint density at radius 2 is 1.82 bits per heavy atom. The molecule has 1 rings (SSSR count). The molecular formula is C14H20BiN7O9S3. The zero-order valence-electron chi connectivity index (χ0n) is 17.1. The van der Waals surface area contributed by atoms with Gasteiger partial charge in [-0.2, -0.15) is 20.2 Å². The van der Waals surface area contributed by atoms with Gasteiger partial charge < -0.3 is 46.0 Å². The van der Waals surface area contributed by atoms with Crippen molar-refractivity contribution in [1.29, 1.82) is 0 Å². The molecule has 0 unspecified atom stereocenters. The van der Waals surface area contributed by atoms with Crippen molar-refractivity contribution in [3.05, 3.63) is 11.1 Å². The second-order valence-electron chi connectivity index (χ2n) is 5.86. The predicted molar refractivity (Wildman–Crippen MR) is 118 cm³/mol. The zero-order chi connectivity index (χ0) is 25.7. The normalized spacial score (nSPS) is 11.8. The summed E-state index contributed by atoms with van der Waals surface area (Å²) in [6, 6.07) is 0. The minimum Gasteiger partial charge on any atom is -0.550 e. The smallest absolute Gasteiger partial charge is 0.550 e. The molecule has 0 aliphatic carbocycles. The van der Waals surface area contributed by atoms with E-state index in [2.05, 4.69) is 19.8 Å². The van der Waals surface area contributed by atoms with E-state index in [0.29, 0.717) is 23.1 Å². The molecule has 0 aromatic carbocycles. The van der Waals surface area contributed by atoms with Crippen molar-refractivity contribution in [2.24, 2.45) is 26.1 Å². The van der Waals surface area contributed by atoms with E-state index in [1.165, 1.54) is 17.7 Å². The average molecular weight is 736 g/mol. The molecule has 1 heterocycles. The number of hydrazine groups is 1. The first-order valence-corrected chi connectivity index (χ1v) is 11.9. The number of hydrogen-bond donors (Lipinski definition) is 5. The Hall–Kier alpha value is -1.96. The van der Waals surface area contributed by atoms with E-state index in [9.17, 15) is 38.1 Å². The molecule has 2 radical (unpaired) electrons. The molecule has 0 saturated heterocycles. The minimum absolute atomic E-state index is 0. The summed E-state index contributed by atoms with van der Waals surface area (Å²) >= 11 is 2.95. The van der Waals surface area contributed by atoms with Gasteiger partial charge in [-0.25, -0.2) is 21.0 Å². The molecule has 0 saturated carbocycles. The van der Waals surface area contributed by atoms with E-state index >= 15 is 0 Å². The number of nitrogens with zero attached hydrogens (tertiary/aromatic N) is 3. The van der Waals surface area contributed by atoms with E-state index in [0.717, 1.165) is 5.69 Å². The van der Waals surface area contributed by atoms with Crippen LogP contribution in [0.1, 0.15) is 25.0 Å². The third-order valence-corrected chi connectivity index (χ3v) is 5.32. The maximum absolute atomic E-state index is 10.7. The summed E-state index contributed by atoms with van der Waals surface area (Å²) in [5.41, 5.74) is 5.62. The monoisotopic (exact) mass is 735 g/mol. The number of carbonyl (C=O) groups is 3. The van der Waals surface area contributed by atoms with Gasteiger partial charge in [0.25, 0.3) is 0 Å². The Labute approximate surface area is 221 Å². The predicted octanol–water partition coefficient (Wildman–Crippen LogP) is -6.18. The number of carboxylic acid groups (broad SMARTS) is 3. The minimum atomic E-state index is -3.91. The van der Waals surface area contributed by atoms with Gasteiger partial charge in [-0.1, -0.05) is 0 Å². The van der Waals surface area contributed by atoms with Crippen molar-refractivity contribution in [2.45, 2.75) is 30.6 Å². The molecule has 0 atom stereocenters. The molecule has 188 valence electrons. The Morgan fingerprint density at radius 3 is 2.26 bits per heavy atom. The summed E-state index contributed by atoms with van der Waals surface area (Å²) in [6.07, 6.45) is -1.03. The second kappa shape index (κ2) is 16.6. The van der Waals surface area contributed by atoms with Crippen molar-refractivity contribution < 1.29 is 43.2 Å². The van der Waals surface area contributed by atoms with Gasteiger partial charge >= 0.3 is 36.4 Å². The average Bonchev–Trinajstić information content (AvgIpc) is 3.09. The molecule has 8 N–H and O–H groups in total. The van der Waals surface area contributed by atoms with Gasteiger partial charge in [-0.15, -0.1) is 15.7 Å². The van der Waals surface area contributed by atoms with E-state index in [1.807, 2.05) is 5.38 Å². The van der Waals surface area contributed by atoms with Crippen LogP contribution in [0.3, 0.4) is 0 Å². The first-order valence-electron chi connectivity index (χ1n) is 8.40. The van der Waals surface area contributed by atoms with Gasteiger partial charge in [0.15, 0.2) is 0 Å². The third kappa shape index (κ3) is 16.6. The number of nitrogens with two attached hydrogens (primary N) is 3. The number of carboxylic acids is 3. The molecule has 0 aliphatic heterocycles. The quantitative estimate of drug-likeness (QED) is 0.0315. The van der Waals surface area contributed by atoms with Crippen LogP contribution < -0.4 is 37.5 Å². The largest absolute Gasteiger partial charge is 3.00 e. The SMILES string of the molecule is NNC=Nc1nc(CSCCC(N)=NS(N)(=O)=O)cs1.O=C([O-])CC(O)(CC(=O)[O-])C(=O)[O-].[Bi+3]. The van der Waals surface area contributed by atoms with Crippen LogP contribution in [-0.2, 0) is 30.3 Å². The molecule has 16 nitrogen and oxygen atoms in total. The van der Waals surface area contributed by atoms with E-state index in [-0.39, 0.29) is 32.0 Å². The zero-order valence-corrected chi connectivity index (χ0v) is 23.1. The Morgan fingerprint density at radius 1 is 1.26 bits per heavy atom. The van der Waals surface area contributed by atoms with Crippen molar-refractivity contribution >= 4 is 94.7 Å². The summed E-state index contributed by atoms with van der Waals surface area (Å²) in [5.74, 6) is 0.353. The van der Waals surface area contributed by atoms with Gasteiger partial charge in [-0.3, -0.25) is 0 Å². The maximum Gasteiger partial charge on any atom is 3.00 e. The first kappa shape index (κ1) is 34.2. The number of carbonyl (C=O) groups excluding carboxylic acids is 3. The number of nitrogens with one attached hydrogen (secondary N) is 1. The maximum atomic E-state index is 10.7. The van der Waals surface area contributed by atoms with Crippen LogP contribution in [0.5, 0.6) is 0 Å². The number of amidine groups is 1. The number of aromatic nitrogens is 1. The molecule has 0 amide bonds. The summed E-state index contributed by atoms with van der Waals surface area (Å²) in [6.45, 7) is 0. The third-order valence-electron chi connectivity index (χ3n) is 3.04. The Kier molecular flexibility index (Phi) is 16.7. The van der Waals surface area contributed by atoms with Gasteiger partial charge in [0.2, 0.25) is 5.13 Å². The second-order valence-corrected chi connectivity index (χ2v) is 9.02. The fraction of sp³-hybridized carbons (Fsp3) is 0.429. The van der Waals surface area contributed by atoms with Crippen LogP contribution in [0.25, 0.3) is 0 Å². The van der Waals surface area contributed by atoms with Gasteiger partial charge in [-0.05, 0) is 0 Å². The van der Waals surface area contributed by atoms with Crippen LogP contribution >= 0.6 is 23.1 Å². The Balaban J connectivity index is 0. The molecule has 0 fully saturated rings. The van der Waals surface area contributed by atoms with Crippen molar-refractivity contribution in [2.75, 3.05) is 5.75 Å². The molecule has 0 bridgehead atoms. The van der Waals surface area contributed by atoms with E-state index in [4.69, 9.17) is 21.8 Å². The van der Waals surface area contributed by atoms with Crippen LogP contribution in [0.15, 0.2) is 14.8 Å². The van der Waals surface area contributed by atoms with E-state index < -0.39 is 46.6 Å². The fourth-order valence-corrected chi connectivity index (χ4v) is 3.80. The van der Waals surface area contributed by atoms with Crippen LogP contribution in [0.4, 0.5) is 5.13 Å². The number of aliphatic imine (C=N–C) groups is 1. The molecule has 1 aromatic rings. The van der Waals surface area contributed by atoms with Gasteiger partial charge in [0.05, 0.1) is 11.7 Å². The molecule has 1 aromatic heterocycles. The topological polar surface area (TPSA) is 302 Å². The number of thiazole rings is 1. The van der Waals surface area contributed by atoms with Crippen molar-refractivity contribution in [1.82, 2.24) is 10.4 Å². The fourth-order valence-electron chi connectivity index (χ4n) is 1.76. The number of hydrogen-bond acceptors (Lipinski definition) is 14. The van der Waals surface area contributed by atoms with Crippen LogP contribution in [0, 0.1) is 0 Å². The molecular weight excluding hydrogens is 715 g/mol. The van der Waals surface area contributed by atoms with E-state index in [1.54, 1.807) is 11.8 Å². The summed E-state index contributed by atoms with van der Waals surface area (Å²) in [4.78, 5) is 38.2. The number of thioether (sulfide) groups is 1. The van der Waals surface area contributed by atoms with Gasteiger partial charge in [0.1, 0.15) is 17.8 Å². The van der Waals surface area contributed by atoms with Crippen molar-refractivity contribution in [3.8, 4) is 0 Å². The van der Waals surface area contributed by atoms with Crippen LogP contribution in [-0.4, -0.2) is 86.1 Å². The summed E-state index contributed by atoms with van der Waals surface area (Å²) in [5, 5.41) is 46.2. The molecule has 0 spiro atoms. The van der Waals surface area contributed by atoms with Crippen molar-refractivity contribution in [3.63, 3.8) is 0 Å². The van der Waals surface area contributed by atoms with Crippen LogP contribution in [0.2, 0.25) is 0 Å². The number of aliphatic hydroxyl groups is 1. The molecule has 20 heteroatoms. The first-order chi connectivity index (χ1) is 15.2. The number of aliphatic carboxylic acids is 3. The van der Waals surface area contributed by atoms with Gasteiger partial charge in [0, 0.05) is 48.1 Å². The number of rotatable bonds is 13. The molecule has 34 heavy (non-hydrogen) atoms.